The lowest BCUT2D eigenvalue weighted by molar-refractivity contribution is 0.0552. The van der Waals surface area contributed by atoms with Crippen LogP contribution in [-0.4, -0.2) is 71.9 Å². The molecule has 0 amide bonds. The fourth-order valence-corrected chi connectivity index (χ4v) is 3.97. The quantitative estimate of drug-likeness (QED) is 0.778. The molecule has 4 nitrogen and oxygen atoms in total. The maximum atomic E-state index is 9.71. The van der Waals surface area contributed by atoms with E-state index in [1.54, 1.807) is 0 Å². The average molecular weight is 269 g/mol. The Morgan fingerprint density at radius 1 is 1.32 bits per heavy atom. The number of aliphatic hydroxyl groups excluding tert-OH is 1. The van der Waals surface area contributed by atoms with Gasteiger partial charge in [0.2, 0.25) is 0 Å². The highest BCUT2D eigenvalue weighted by molar-refractivity contribution is 5.00. The molecule has 4 heteroatoms. The van der Waals surface area contributed by atoms with Crippen molar-refractivity contribution in [1.29, 1.82) is 0 Å². The van der Waals surface area contributed by atoms with Crippen molar-refractivity contribution in [3.05, 3.63) is 0 Å². The highest BCUT2D eigenvalue weighted by Crippen LogP contribution is 2.33. The molecule has 0 radical (unpaired) electrons. The molecule has 0 bridgehead atoms. The van der Waals surface area contributed by atoms with Crippen LogP contribution in [0, 0.1) is 0 Å². The molecule has 0 spiro atoms. The number of likely N-dealkylation sites (N-methyl/N-ethyl adjacent to an activating group) is 2. The summed E-state index contributed by atoms with van der Waals surface area (Å²) < 4.78 is 0. The van der Waals surface area contributed by atoms with Crippen molar-refractivity contribution < 1.29 is 5.11 Å². The number of piperazine rings is 1. The minimum absolute atomic E-state index is 0.00938. The van der Waals surface area contributed by atoms with Gasteiger partial charge in [-0.15, -0.1) is 0 Å². The third-order valence-corrected chi connectivity index (χ3v) is 5.16. The molecule has 3 unspecified atom stereocenters. The molecule has 0 aromatic rings. The summed E-state index contributed by atoms with van der Waals surface area (Å²) in [6, 6.07) is 1.33. The third kappa shape index (κ3) is 3.30. The molecule has 2 rings (SSSR count). The van der Waals surface area contributed by atoms with Crippen molar-refractivity contribution in [3.8, 4) is 0 Å². The van der Waals surface area contributed by atoms with E-state index in [1.807, 2.05) is 0 Å². The van der Waals surface area contributed by atoms with E-state index < -0.39 is 0 Å². The van der Waals surface area contributed by atoms with Crippen LogP contribution in [0.1, 0.15) is 40.0 Å². The second-order valence-electron chi connectivity index (χ2n) is 6.34. The lowest BCUT2D eigenvalue weighted by Crippen LogP contribution is -2.55. The molecule has 3 atom stereocenters. The van der Waals surface area contributed by atoms with Crippen molar-refractivity contribution in [3.63, 3.8) is 0 Å². The fourth-order valence-electron chi connectivity index (χ4n) is 3.97. The molecular formula is C15H31N3O. The number of rotatable bonds is 5. The van der Waals surface area contributed by atoms with Gasteiger partial charge in [0.1, 0.15) is 0 Å². The zero-order valence-electron chi connectivity index (χ0n) is 12.9. The molecule has 1 saturated carbocycles. The van der Waals surface area contributed by atoms with Crippen molar-refractivity contribution in [2.75, 3.05) is 39.3 Å². The number of hydrogen-bond donors (Lipinski definition) is 2. The van der Waals surface area contributed by atoms with E-state index >= 15 is 0 Å². The monoisotopic (exact) mass is 269 g/mol. The second kappa shape index (κ2) is 6.53. The molecule has 2 fully saturated rings. The smallest absolute Gasteiger partial charge is 0.0613 e. The average Bonchev–Trinajstić information content (AvgIpc) is 2.84. The van der Waals surface area contributed by atoms with Gasteiger partial charge < -0.3 is 10.4 Å². The molecule has 1 heterocycles. The topological polar surface area (TPSA) is 38.7 Å². The Bertz CT molecular complexity index is 287. The maximum absolute atomic E-state index is 9.71. The van der Waals surface area contributed by atoms with Crippen molar-refractivity contribution in [2.45, 2.75) is 57.7 Å². The van der Waals surface area contributed by atoms with E-state index in [0.29, 0.717) is 12.1 Å². The van der Waals surface area contributed by atoms with E-state index in [0.717, 1.165) is 25.9 Å². The first kappa shape index (κ1) is 15.2. The van der Waals surface area contributed by atoms with Crippen LogP contribution in [0.25, 0.3) is 0 Å². The van der Waals surface area contributed by atoms with Crippen LogP contribution in [0.15, 0.2) is 0 Å². The SMILES string of the molecule is CCNC1(CO)CCC(N2CCN(CC)C(C)C2)C1. The van der Waals surface area contributed by atoms with Gasteiger partial charge in [0.05, 0.1) is 6.61 Å². The lowest BCUT2D eigenvalue weighted by Gasteiger charge is -2.42. The van der Waals surface area contributed by atoms with Gasteiger partial charge >= 0.3 is 0 Å². The lowest BCUT2D eigenvalue weighted by atomic mass is 9.98. The van der Waals surface area contributed by atoms with Gasteiger partial charge in [-0.05, 0) is 39.3 Å². The Balaban J connectivity index is 1.90. The zero-order valence-corrected chi connectivity index (χ0v) is 12.9. The molecule has 19 heavy (non-hydrogen) atoms. The van der Waals surface area contributed by atoms with Crippen molar-refractivity contribution in [1.82, 2.24) is 15.1 Å². The van der Waals surface area contributed by atoms with Crippen LogP contribution in [0.3, 0.4) is 0 Å². The molecule has 2 aliphatic rings. The Hall–Kier alpha value is -0.160. The molecule has 112 valence electrons. The first-order valence-corrected chi connectivity index (χ1v) is 7.98. The van der Waals surface area contributed by atoms with E-state index in [9.17, 15) is 5.11 Å². The second-order valence-corrected chi connectivity index (χ2v) is 6.34. The van der Waals surface area contributed by atoms with Crippen LogP contribution in [0.4, 0.5) is 0 Å². The van der Waals surface area contributed by atoms with Crippen LogP contribution >= 0.6 is 0 Å². The van der Waals surface area contributed by atoms with Gasteiger partial charge in [-0.2, -0.15) is 0 Å². The van der Waals surface area contributed by atoms with Crippen molar-refractivity contribution >= 4 is 0 Å². The van der Waals surface area contributed by atoms with E-state index in [1.165, 1.54) is 26.1 Å². The normalized spacial score (nSPS) is 37.9. The molecule has 1 saturated heterocycles. The molecule has 1 aliphatic heterocycles. The van der Waals surface area contributed by atoms with Gasteiger partial charge in [0.25, 0.3) is 0 Å². The number of hydrogen-bond acceptors (Lipinski definition) is 4. The summed E-state index contributed by atoms with van der Waals surface area (Å²) in [5, 5.41) is 13.2. The minimum Gasteiger partial charge on any atom is -0.394 e. The molecule has 0 aromatic carbocycles. The Morgan fingerprint density at radius 3 is 2.68 bits per heavy atom. The van der Waals surface area contributed by atoms with Crippen molar-refractivity contribution in [2.24, 2.45) is 0 Å². The highest BCUT2D eigenvalue weighted by Gasteiger charge is 2.41. The van der Waals surface area contributed by atoms with Gasteiger partial charge in [0, 0.05) is 37.3 Å². The van der Waals surface area contributed by atoms with Gasteiger partial charge in [-0.3, -0.25) is 9.80 Å². The van der Waals surface area contributed by atoms with Gasteiger partial charge in [-0.1, -0.05) is 13.8 Å². The van der Waals surface area contributed by atoms with Gasteiger partial charge in [-0.25, -0.2) is 0 Å². The summed E-state index contributed by atoms with van der Waals surface area (Å²) in [7, 11) is 0. The van der Waals surface area contributed by atoms with E-state index in [-0.39, 0.29) is 12.1 Å². The summed E-state index contributed by atoms with van der Waals surface area (Å²) >= 11 is 0. The summed E-state index contributed by atoms with van der Waals surface area (Å²) in [4.78, 5) is 5.22. The largest absolute Gasteiger partial charge is 0.394 e. The summed E-state index contributed by atoms with van der Waals surface area (Å²) in [5.74, 6) is 0. The summed E-state index contributed by atoms with van der Waals surface area (Å²) in [6.07, 6.45) is 3.45. The molecule has 0 aromatic heterocycles. The summed E-state index contributed by atoms with van der Waals surface area (Å²) in [5.41, 5.74) is -0.00938. The van der Waals surface area contributed by atoms with E-state index in [2.05, 4.69) is 35.9 Å². The number of aliphatic hydroxyl groups is 1. The van der Waals surface area contributed by atoms with E-state index in [4.69, 9.17) is 0 Å². The highest BCUT2D eigenvalue weighted by atomic mass is 16.3. The first-order chi connectivity index (χ1) is 9.14. The predicted molar refractivity (Wildman–Crippen MR) is 79.4 cm³/mol. The van der Waals surface area contributed by atoms with Gasteiger partial charge in [0.15, 0.2) is 0 Å². The maximum Gasteiger partial charge on any atom is 0.0613 e. The number of nitrogens with zero attached hydrogens (tertiary/aromatic N) is 2. The van der Waals surface area contributed by atoms with Crippen LogP contribution in [0.2, 0.25) is 0 Å². The Kier molecular flexibility index (Phi) is 5.23. The standard InChI is InChI=1S/C15H31N3O/c1-4-16-15(12-19)7-6-14(10-15)18-9-8-17(5-2)13(3)11-18/h13-14,16,19H,4-12H2,1-3H3. The van der Waals surface area contributed by atoms with Crippen LogP contribution < -0.4 is 5.32 Å². The molecular weight excluding hydrogens is 238 g/mol. The zero-order chi connectivity index (χ0) is 13.9. The third-order valence-electron chi connectivity index (χ3n) is 5.16. The van der Waals surface area contributed by atoms with Crippen LogP contribution in [0.5, 0.6) is 0 Å². The minimum atomic E-state index is -0.00938. The fraction of sp³-hybridized carbons (Fsp3) is 1.00. The Labute approximate surface area is 118 Å². The number of nitrogens with one attached hydrogen (secondary N) is 1. The summed E-state index contributed by atoms with van der Waals surface area (Å²) in [6.45, 7) is 12.7. The van der Waals surface area contributed by atoms with Crippen LogP contribution in [-0.2, 0) is 0 Å². The first-order valence-electron chi connectivity index (χ1n) is 7.98. The molecule has 1 aliphatic carbocycles. The predicted octanol–water partition coefficient (Wildman–Crippen LogP) is 0.906. The Morgan fingerprint density at radius 2 is 2.11 bits per heavy atom. The molecule has 2 N–H and O–H groups in total.